The van der Waals surface area contributed by atoms with E-state index >= 15 is 0 Å². The minimum absolute atomic E-state index is 0.0514. The summed E-state index contributed by atoms with van der Waals surface area (Å²) in [5, 5.41) is 5.83. The van der Waals surface area contributed by atoms with Gasteiger partial charge in [0.05, 0.1) is 6.04 Å². The highest BCUT2D eigenvalue weighted by Crippen LogP contribution is 2.24. The molecular weight excluding hydrogens is 429 g/mol. The Bertz CT molecular complexity index is 1010. The number of benzene rings is 1. The molecule has 0 aromatic heterocycles. The molecule has 1 aromatic rings. The van der Waals surface area contributed by atoms with Gasteiger partial charge in [0.25, 0.3) is 17.6 Å². The van der Waals surface area contributed by atoms with E-state index in [1.807, 2.05) is 0 Å². The summed E-state index contributed by atoms with van der Waals surface area (Å²) in [5.41, 5.74) is 1.17. The molecule has 2 atom stereocenters. The van der Waals surface area contributed by atoms with E-state index in [0.717, 1.165) is 6.42 Å². The summed E-state index contributed by atoms with van der Waals surface area (Å²) in [6.45, 7) is 0.928. The van der Waals surface area contributed by atoms with Gasteiger partial charge in [-0.05, 0) is 49.8 Å². The van der Waals surface area contributed by atoms with E-state index in [4.69, 9.17) is 0 Å². The predicted molar refractivity (Wildman–Crippen MR) is 119 cm³/mol. The van der Waals surface area contributed by atoms with Gasteiger partial charge in [-0.25, -0.2) is 9.38 Å². The summed E-state index contributed by atoms with van der Waals surface area (Å²) >= 11 is 0. The van der Waals surface area contributed by atoms with Crippen LogP contribution in [0.15, 0.2) is 23.2 Å². The lowest BCUT2D eigenvalue weighted by Gasteiger charge is -2.35. The van der Waals surface area contributed by atoms with E-state index in [2.05, 4.69) is 15.6 Å². The number of nitrogens with one attached hydrogen (secondary N) is 2. The molecule has 3 aliphatic heterocycles. The van der Waals surface area contributed by atoms with E-state index in [0.29, 0.717) is 62.3 Å². The third kappa shape index (κ3) is 4.74. The number of anilines is 1. The Hall–Kier alpha value is -3.30. The highest BCUT2D eigenvalue weighted by Gasteiger charge is 2.44. The molecule has 0 spiro atoms. The first-order valence-electron chi connectivity index (χ1n) is 11.4. The second kappa shape index (κ2) is 9.68. The number of carbonyl (C=O) groups is 4. The number of aliphatic imine (C=N–C) groups is 1. The minimum Gasteiger partial charge on any atom is -0.385 e. The molecule has 0 aliphatic carbocycles. The number of hydrogen-bond donors (Lipinski definition) is 2. The van der Waals surface area contributed by atoms with Crippen LogP contribution in [0.1, 0.15) is 44.1 Å². The minimum atomic E-state index is -1.50. The van der Waals surface area contributed by atoms with E-state index in [-0.39, 0.29) is 12.5 Å². The average Bonchev–Trinajstić information content (AvgIpc) is 3.01. The summed E-state index contributed by atoms with van der Waals surface area (Å²) in [4.78, 5) is 58.7. The van der Waals surface area contributed by atoms with Crippen LogP contribution in [0, 0.1) is 5.82 Å². The van der Waals surface area contributed by atoms with Crippen molar-refractivity contribution in [1.29, 1.82) is 0 Å². The van der Waals surface area contributed by atoms with Gasteiger partial charge in [0.15, 0.2) is 6.04 Å². The molecule has 1 aromatic carbocycles. The van der Waals surface area contributed by atoms with Crippen molar-refractivity contribution in [2.45, 2.75) is 57.2 Å². The normalized spacial score (nSPS) is 25.0. The molecule has 4 rings (SSSR count). The SMILES string of the molecule is CN1C(=O)CCCCNc2cc(F)ccc2CNC(=O)C2N=C3C1CCCCN3C(=O)C2=O. The maximum absolute atomic E-state index is 13.8. The largest absolute Gasteiger partial charge is 0.385 e. The van der Waals surface area contributed by atoms with E-state index < -0.39 is 35.5 Å². The van der Waals surface area contributed by atoms with Crippen LogP contribution in [-0.4, -0.2) is 71.4 Å². The third-order valence-corrected chi connectivity index (χ3v) is 6.42. The number of Topliss-reactive ketones (excluding diaryl/α,β-unsaturated/α-hetero) is 1. The molecule has 10 heteroatoms. The molecule has 3 amide bonds. The second-order valence-corrected chi connectivity index (χ2v) is 8.63. The fraction of sp³-hybridized carbons (Fsp3) is 0.522. The van der Waals surface area contributed by atoms with Crippen molar-refractivity contribution >= 4 is 35.0 Å². The zero-order valence-corrected chi connectivity index (χ0v) is 18.6. The van der Waals surface area contributed by atoms with Gasteiger partial charge in [-0.3, -0.25) is 24.1 Å². The van der Waals surface area contributed by atoms with Crippen molar-refractivity contribution in [3.8, 4) is 0 Å². The summed E-state index contributed by atoms with van der Waals surface area (Å²) in [6, 6.07) is 2.22. The molecule has 0 radical (unpaired) electrons. The first kappa shape index (κ1) is 22.9. The van der Waals surface area contributed by atoms with Crippen molar-refractivity contribution in [2.75, 3.05) is 25.5 Å². The molecule has 1 saturated heterocycles. The van der Waals surface area contributed by atoms with Crippen LogP contribution in [0.4, 0.5) is 10.1 Å². The summed E-state index contributed by atoms with van der Waals surface area (Å²) < 4.78 is 13.8. The molecule has 3 heterocycles. The fourth-order valence-corrected chi connectivity index (χ4v) is 4.50. The maximum Gasteiger partial charge on any atom is 0.298 e. The average molecular weight is 458 g/mol. The predicted octanol–water partition coefficient (Wildman–Crippen LogP) is 1.23. The molecule has 2 N–H and O–H groups in total. The van der Waals surface area contributed by atoms with Crippen LogP contribution in [0.25, 0.3) is 0 Å². The van der Waals surface area contributed by atoms with Gasteiger partial charge in [-0.1, -0.05) is 6.07 Å². The van der Waals surface area contributed by atoms with Gasteiger partial charge in [-0.2, -0.15) is 0 Å². The van der Waals surface area contributed by atoms with Crippen molar-refractivity contribution < 1.29 is 23.6 Å². The Labute approximate surface area is 191 Å². The number of nitrogens with zero attached hydrogens (tertiary/aromatic N) is 3. The van der Waals surface area contributed by atoms with Crippen LogP contribution in [0.3, 0.4) is 0 Å². The van der Waals surface area contributed by atoms with E-state index in [9.17, 15) is 23.6 Å². The van der Waals surface area contributed by atoms with Crippen molar-refractivity contribution in [2.24, 2.45) is 4.99 Å². The topological polar surface area (TPSA) is 111 Å². The fourth-order valence-electron chi connectivity index (χ4n) is 4.50. The number of rotatable bonds is 0. The number of hydrogen-bond acceptors (Lipinski definition) is 6. The van der Waals surface area contributed by atoms with Crippen molar-refractivity contribution in [3.05, 3.63) is 29.6 Å². The molecular formula is C23H28FN5O4. The smallest absolute Gasteiger partial charge is 0.298 e. The van der Waals surface area contributed by atoms with Crippen LogP contribution < -0.4 is 10.6 Å². The van der Waals surface area contributed by atoms with Gasteiger partial charge < -0.3 is 15.5 Å². The lowest BCUT2D eigenvalue weighted by Crippen LogP contribution is -2.58. The summed E-state index contributed by atoms with van der Waals surface area (Å²) in [6.07, 6.45) is 3.72. The summed E-state index contributed by atoms with van der Waals surface area (Å²) in [7, 11) is 1.68. The van der Waals surface area contributed by atoms with Gasteiger partial charge in [0.2, 0.25) is 5.91 Å². The second-order valence-electron chi connectivity index (χ2n) is 8.63. The Kier molecular flexibility index (Phi) is 6.71. The van der Waals surface area contributed by atoms with Crippen LogP contribution in [0.2, 0.25) is 0 Å². The molecule has 2 unspecified atom stereocenters. The number of ketones is 1. The number of likely N-dealkylation sites (N-methyl/N-ethyl adjacent to an activating group) is 1. The monoisotopic (exact) mass is 457 g/mol. The first-order valence-corrected chi connectivity index (χ1v) is 11.4. The Morgan fingerprint density at radius 1 is 1.06 bits per heavy atom. The lowest BCUT2D eigenvalue weighted by molar-refractivity contribution is -0.146. The molecule has 2 bridgehead atoms. The highest BCUT2D eigenvalue weighted by molar-refractivity contribution is 6.46. The number of halogens is 1. The van der Waals surface area contributed by atoms with Crippen LogP contribution in [0.5, 0.6) is 0 Å². The Morgan fingerprint density at radius 3 is 2.70 bits per heavy atom. The third-order valence-electron chi connectivity index (χ3n) is 6.42. The lowest BCUT2D eigenvalue weighted by atomic mass is 10.0. The molecule has 33 heavy (non-hydrogen) atoms. The number of amidine groups is 1. The Balaban J connectivity index is 1.70. The van der Waals surface area contributed by atoms with Crippen molar-refractivity contribution in [3.63, 3.8) is 0 Å². The van der Waals surface area contributed by atoms with Gasteiger partial charge in [-0.15, -0.1) is 0 Å². The molecule has 0 saturated carbocycles. The van der Waals surface area contributed by atoms with Gasteiger partial charge >= 0.3 is 0 Å². The first-order chi connectivity index (χ1) is 15.9. The molecule has 176 valence electrons. The van der Waals surface area contributed by atoms with E-state index in [1.165, 1.54) is 17.0 Å². The highest BCUT2D eigenvalue weighted by atomic mass is 19.1. The quantitative estimate of drug-likeness (QED) is 0.450. The van der Waals surface area contributed by atoms with Gasteiger partial charge in [0, 0.05) is 38.8 Å². The summed E-state index contributed by atoms with van der Waals surface area (Å²) in [5.74, 6) is -2.54. The van der Waals surface area contributed by atoms with Crippen LogP contribution >= 0.6 is 0 Å². The standard InChI is InChI=1S/C23H28FN5O4/c1-28-17-6-3-5-11-29-21(17)27-19(20(31)23(29)33)22(32)26-13-14-8-9-15(24)12-16(14)25-10-4-2-7-18(28)30/h8-9,12,17,19,25H,2-7,10-11,13H2,1H3,(H,26,32). The zero-order chi connectivity index (χ0) is 23.5. The maximum atomic E-state index is 13.8. The van der Waals surface area contributed by atoms with E-state index in [1.54, 1.807) is 18.0 Å². The van der Waals surface area contributed by atoms with Crippen LogP contribution in [-0.2, 0) is 25.7 Å². The molecule has 3 aliphatic rings. The number of carbonyl (C=O) groups excluding carboxylic acids is 4. The number of amides is 3. The Morgan fingerprint density at radius 2 is 1.88 bits per heavy atom. The molecule has 1 fully saturated rings. The molecule has 9 nitrogen and oxygen atoms in total. The number of fused-ring (bicyclic) bond motifs is 2. The van der Waals surface area contributed by atoms with Gasteiger partial charge in [0.1, 0.15) is 11.7 Å². The zero-order valence-electron chi connectivity index (χ0n) is 18.6. The van der Waals surface area contributed by atoms with Crippen molar-refractivity contribution in [1.82, 2.24) is 15.1 Å².